The monoisotopic (exact) mass is 335 g/mol. The fourth-order valence-electron chi connectivity index (χ4n) is 2.44. The lowest BCUT2D eigenvalue weighted by atomic mass is 10.1. The van der Waals surface area contributed by atoms with Crippen molar-refractivity contribution in [2.24, 2.45) is 0 Å². The molecule has 0 spiro atoms. The van der Waals surface area contributed by atoms with Crippen molar-refractivity contribution in [3.05, 3.63) is 83.4 Å². The van der Waals surface area contributed by atoms with Crippen LogP contribution in [-0.4, -0.2) is 10.9 Å². The Labute approximate surface area is 145 Å². The molecule has 0 unspecified atom stereocenters. The predicted molar refractivity (Wildman–Crippen MR) is 97.8 cm³/mol. The zero-order chi connectivity index (χ0) is 17.8. The summed E-state index contributed by atoms with van der Waals surface area (Å²) in [6.07, 6.45) is 1.57. The lowest BCUT2D eigenvalue weighted by Gasteiger charge is -2.10. The number of anilines is 3. The summed E-state index contributed by atoms with van der Waals surface area (Å²) in [7, 11) is 0. The maximum absolute atomic E-state index is 12.9. The molecule has 3 rings (SSSR count). The van der Waals surface area contributed by atoms with Gasteiger partial charge in [-0.25, -0.2) is 9.37 Å². The lowest BCUT2D eigenvalue weighted by Crippen LogP contribution is -2.14. The van der Waals surface area contributed by atoms with E-state index in [1.54, 1.807) is 30.5 Å². The highest BCUT2D eigenvalue weighted by molar-refractivity contribution is 6.03. The van der Waals surface area contributed by atoms with E-state index in [9.17, 15) is 9.18 Å². The molecule has 0 aliphatic heterocycles. The van der Waals surface area contributed by atoms with E-state index in [4.69, 9.17) is 0 Å². The van der Waals surface area contributed by atoms with Crippen LogP contribution in [0.4, 0.5) is 21.5 Å². The van der Waals surface area contributed by atoms with Gasteiger partial charge in [0.25, 0.3) is 5.91 Å². The topological polar surface area (TPSA) is 54.0 Å². The molecule has 0 atom stereocenters. The summed E-state index contributed by atoms with van der Waals surface area (Å²) in [5.74, 6) is -0.553. The zero-order valence-electron chi connectivity index (χ0n) is 14.0. The minimum absolute atomic E-state index is 0.264. The zero-order valence-corrected chi connectivity index (χ0v) is 14.0. The molecule has 3 aromatic rings. The van der Waals surface area contributed by atoms with Crippen LogP contribution in [0.2, 0.25) is 0 Å². The molecule has 4 nitrogen and oxygen atoms in total. The van der Waals surface area contributed by atoms with Gasteiger partial charge in [0.1, 0.15) is 11.5 Å². The van der Waals surface area contributed by atoms with Crippen LogP contribution in [0.3, 0.4) is 0 Å². The minimum atomic E-state index is -0.290. The fraction of sp³-hybridized carbons (Fsp3) is 0.100. The molecular weight excluding hydrogens is 317 g/mol. The molecule has 5 heteroatoms. The number of hydrogen-bond donors (Lipinski definition) is 2. The van der Waals surface area contributed by atoms with E-state index < -0.39 is 0 Å². The minimum Gasteiger partial charge on any atom is -0.354 e. The second-order valence-electron chi connectivity index (χ2n) is 5.84. The first-order chi connectivity index (χ1) is 12.0. The highest BCUT2D eigenvalue weighted by Gasteiger charge is 2.09. The number of halogens is 1. The summed E-state index contributed by atoms with van der Waals surface area (Å²) in [4.78, 5) is 16.5. The molecule has 0 aliphatic rings. The second kappa shape index (κ2) is 7.13. The number of pyridine rings is 1. The van der Waals surface area contributed by atoms with Crippen LogP contribution < -0.4 is 10.6 Å². The van der Waals surface area contributed by atoms with Gasteiger partial charge in [0.15, 0.2) is 0 Å². The fourth-order valence-corrected chi connectivity index (χ4v) is 2.44. The van der Waals surface area contributed by atoms with Crippen LogP contribution in [0.25, 0.3) is 0 Å². The van der Waals surface area contributed by atoms with Gasteiger partial charge >= 0.3 is 0 Å². The van der Waals surface area contributed by atoms with Gasteiger partial charge in [-0.15, -0.1) is 0 Å². The van der Waals surface area contributed by atoms with Gasteiger partial charge in [0.05, 0.1) is 11.9 Å². The average Bonchev–Trinajstić information content (AvgIpc) is 2.60. The normalized spacial score (nSPS) is 10.4. The largest absolute Gasteiger partial charge is 0.354 e. The molecule has 126 valence electrons. The van der Waals surface area contributed by atoms with Crippen LogP contribution in [0.15, 0.2) is 60.8 Å². The number of carbonyl (C=O) groups is 1. The first-order valence-corrected chi connectivity index (χ1v) is 7.88. The molecule has 1 heterocycles. The first-order valence-electron chi connectivity index (χ1n) is 7.88. The number of benzene rings is 2. The maximum atomic E-state index is 12.9. The standard InChI is InChI=1S/C20H18FN3O/c1-13-3-9-18(14(2)11-13)24-20(25)19-10-8-17(12-22-19)23-16-6-4-15(21)5-7-16/h3-12,23H,1-2H3,(H,24,25). The Bertz CT molecular complexity index is 890. The number of aromatic nitrogens is 1. The van der Waals surface area contributed by atoms with E-state index in [0.29, 0.717) is 5.69 Å². The Morgan fingerprint density at radius 1 is 0.960 bits per heavy atom. The second-order valence-corrected chi connectivity index (χ2v) is 5.84. The number of nitrogens with zero attached hydrogens (tertiary/aromatic N) is 1. The smallest absolute Gasteiger partial charge is 0.274 e. The van der Waals surface area contributed by atoms with Crippen molar-refractivity contribution < 1.29 is 9.18 Å². The van der Waals surface area contributed by atoms with Crippen molar-refractivity contribution in [2.75, 3.05) is 10.6 Å². The van der Waals surface area contributed by atoms with Crippen molar-refractivity contribution in [1.29, 1.82) is 0 Å². The van der Waals surface area contributed by atoms with E-state index in [2.05, 4.69) is 15.6 Å². The quantitative estimate of drug-likeness (QED) is 0.718. The van der Waals surface area contributed by atoms with Gasteiger partial charge in [-0.3, -0.25) is 4.79 Å². The van der Waals surface area contributed by atoms with Crippen molar-refractivity contribution in [3.63, 3.8) is 0 Å². The van der Waals surface area contributed by atoms with E-state index in [0.717, 1.165) is 28.2 Å². The number of hydrogen-bond acceptors (Lipinski definition) is 3. The lowest BCUT2D eigenvalue weighted by molar-refractivity contribution is 0.102. The molecule has 2 N–H and O–H groups in total. The molecule has 0 saturated heterocycles. The van der Waals surface area contributed by atoms with Gasteiger partial charge in [0, 0.05) is 11.4 Å². The molecule has 0 radical (unpaired) electrons. The summed E-state index contributed by atoms with van der Waals surface area (Å²) in [5, 5.41) is 5.97. The van der Waals surface area contributed by atoms with Gasteiger partial charge in [-0.1, -0.05) is 17.7 Å². The summed E-state index contributed by atoms with van der Waals surface area (Å²) >= 11 is 0. The summed E-state index contributed by atoms with van der Waals surface area (Å²) in [6, 6.07) is 15.3. The van der Waals surface area contributed by atoms with E-state index in [1.807, 2.05) is 32.0 Å². The Morgan fingerprint density at radius 2 is 1.68 bits per heavy atom. The Morgan fingerprint density at radius 3 is 2.32 bits per heavy atom. The highest BCUT2D eigenvalue weighted by Crippen LogP contribution is 2.18. The molecule has 0 fully saturated rings. The van der Waals surface area contributed by atoms with Crippen molar-refractivity contribution in [3.8, 4) is 0 Å². The molecular formula is C20H18FN3O. The Kier molecular flexibility index (Phi) is 4.75. The average molecular weight is 335 g/mol. The van der Waals surface area contributed by atoms with Crippen LogP contribution in [-0.2, 0) is 0 Å². The van der Waals surface area contributed by atoms with Gasteiger partial charge in [-0.05, 0) is 61.9 Å². The third-order valence-corrected chi connectivity index (χ3v) is 3.76. The number of aryl methyl sites for hydroxylation is 2. The third kappa shape index (κ3) is 4.20. The van der Waals surface area contributed by atoms with E-state index >= 15 is 0 Å². The number of carbonyl (C=O) groups excluding carboxylic acids is 1. The molecule has 0 bridgehead atoms. The highest BCUT2D eigenvalue weighted by atomic mass is 19.1. The Balaban J connectivity index is 1.68. The van der Waals surface area contributed by atoms with E-state index in [-0.39, 0.29) is 11.7 Å². The number of amides is 1. The third-order valence-electron chi connectivity index (χ3n) is 3.76. The summed E-state index contributed by atoms with van der Waals surface area (Å²) in [5.41, 5.74) is 4.70. The van der Waals surface area contributed by atoms with Gasteiger partial charge in [-0.2, -0.15) is 0 Å². The predicted octanol–water partition coefficient (Wildman–Crippen LogP) is 4.83. The molecule has 1 amide bonds. The first kappa shape index (κ1) is 16.6. The van der Waals surface area contributed by atoms with Gasteiger partial charge in [0.2, 0.25) is 0 Å². The molecule has 0 saturated carbocycles. The van der Waals surface area contributed by atoms with Gasteiger partial charge < -0.3 is 10.6 Å². The maximum Gasteiger partial charge on any atom is 0.274 e. The number of nitrogens with one attached hydrogen (secondary N) is 2. The molecule has 2 aromatic carbocycles. The Hall–Kier alpha value is -3.21. The van der Waals surface area contributed by atoms with Crippen LogP contribution in [0.5, 0.6) is 0 Å². The van der Waals surface area contributed by atoms with Crippen molar-refractivity contribution in [1.82, 2.24) is 4.98 Å². The van der Waals surface area contributed by atoms with Crippen LogP contribution in [0.1, 0.15) is 21.6 Å². The summed E-state index contributed by atoms with van der Waals surface area (Å²) < 4.78 is 12.9. The number of rotatable bonds is 4. The van der Waals surface area contributed by atoms with Crippen molar-refractivity contribution in [2.45, 2.75) is 13.8 Å². The molecule has 0 aliphatic carbocycles. The molecule has 1 aromatic heterocycles. The van der Waals surface area contributed by atoms with Crippen LogP contribution in [0, 0.1) is 19.7 Å². The SMILES string of the molecule is Cc1ccc(NC(=O)c2ccc(Nc3ccc(F)cc3)cn2)c(C)c1. The van der Waals surface area contributed by atoms with E-state index in [1.165, 1.54) is 12.1 Å². The van der Waals surface area contributed by atoms with Crippen molar-refractivity contribution >= 4 is 23.0 Å². The molecule has 25 heavy (non-hydrogen) atoms. The van der Waals surface area contributed by atoms with Crippen LogP contribution >= 0.6 is 0 Å². The summed E-state index contributed by atoms with van der Waals surface area (Å²) in [6.45, 7) is 3.96.